The lowest BCUT2D eigenvalue weighted by molar-refractivity contribution is 0.124. The molecule has 1 aromatic carbocycles. The van der Waals surface area contributed by atoms with Gasteiger partial charge in [-0.3, -0.25) is 0 Å². The summed E-state index contributed by atoms with van der Waals surface area (Å²) in [5.41, 5.74) is 0.993. The number of nitriles is 1. The van der Waals surface area contributed by atoms with Gasteiger partial charge < -0.3 is 10.2 Å². The van der Waals surface area contributed by atoms with E-state index in [2.05, 4.69) is 0 Å². The molecule has 19 heavy (non-hydrogen) atoms. The van der Waals surface area contributed by atoms with Gasteiger partial charge in [0.25, 0.3) is 0 Å². The summed E-state index contributed by atoms with van der Waals surface area (Å²) in [6.45, 7) is 0.0663. The monoisotopic (exact) mass is 265 g/mol. The Bertz CT molecular complexity index is 400. The van der Waals surface area contributed by atoms with Crippen LogP contribution in [0.3, 0.4) is 0 Å². The highest BCUT2D eigenvalue weighted by molar-refractivity contribution is 5.16. The van der Waals surface area contributed by atoms with E-state index >= 15 is 0 Å². The second-order valence-electron chi connectivity index (χ2n) is 4.80. The highest BCUT2D eigenvalue weighted by atomic mass is 19.1. The summed E-state index contributed by atoms with van der Waals surface area (Å²) in [7, 11) is 0. The number of aliphatic hydroxyl groups excluding tert-OH is 2. The molecule has 0 aromatic heterocycles. The minimum absolute atomic E-state index is 0.0663. The summed E-state index contributed by atoms with van der Waals surface area (Å²) in [5.74, 6) is -0.124. The molecule has 2 N–H and O–H groups in total. The lowest BCUT2D eigenvalue weighted by atomic mass is 9.90. The molecule has 0 aliphatic carbocycles. The van der Waals surface area contributed by atoms with Crippen LogP contribution in [0.2, 0.25) is 0 Å². The fraction of sp³-hybridized carbons (Fsp3) is 0.533. The van der Waals surface area contributed by atoms with Crippen LogP contribution >= 0.6 is 0 Å². The predicted octanol–water partition coefficient (Wildman–Crippen LogP) is 2.42. The topological polar surface area (TPSA) is 64.2 Å². The Hall–Kier alpha value is -1.44. The number of aliphatic hydroxyl groups is 2. The van der Waals surface area contributed by atoms with E-state index in [0.29, 0.717) is 32.1 Å². The average molecular weight is 265 g/mol. The Morgan fingerprint density at radius 2 is 1.89 bits per heavy atom. The summed E-state index contributed by atoms with van der Waals surface area (Å²) in [4.78, 5) is 0. The first kappa shape index (κ1) is 15.6. The molecule has 0 aliphatic rings. The number of halogens is 1. The Kier molecular flexibility index (Phi) is 7.09. The van der Waals surface area contributed by atoms with Crippen LogP contribution in [0.5, 0.6) is 0 Å². The van der Waals surface area contributed by atoms with E-state index in [9.17, 15) is 9.50 Å². The fourth-order valence-corrected chi connectivity index (χ4v) is 2.17. The van der Waals surface area contributed by atoms with Crippen LogP contribution in [0.1, 0.15) is 31.2 Å². The van der Waals surface area contributed by atoms with Gasteiger partial charge in [0.1, 0.15) is 5.82 Å². The molecule has 0 bridgehead atoms. The largest absolute Gasteiger partial charge is 0.396 e. The highest BCUT2D eigenvalue weighted by Gasteiger charge is 2.15. The fourth-order valence-electron chi connectivity index (χ4n) is 2.17. The second-order valence-corrected chi connectivity index (χ2v) is 4.80. The minimum atomic E-state index is -0.517. The molecule has 0 fully saturated rings. The maximum Gasteiger partial charge on any atom is 0.123 e. The Balaban J connectivity index is 2.52. The normalized spacial score (nSPS) is 13.8. The van der Waals surface area contributed by atoms with Gasteiger partial charge >= 0.3 is 0 Å². The first-order valence-corrected chi connectivity index (χ1v) is 6.56. The Morgan fingerprint density at radius 3 is 2.47 bits per heavy atom. The third kappa shape index (κ3) is 6.32. The SMILES string of the molecule is N#CCC[C@H](O)C[C@@H](CCO)Cc1ccc(F)cc1. The number of hydrogen-bond donors (Lipinski definition) is 2. The van der Waals surface area contributed by atoms with E-state index in [0.717, 1.165) is 5.56 Å². The van der Waals surface area contributed by atoms with Crippen LogP contribution in [0.4, 0.5) is 4.39 Å². The van der Waals surface area contributed by atoms with Crippen molar-refractivity contribution in [1.82, 2.24) is 0 Å². The number of benzene rings is 1. The van der Waals surface area contributed by atoms with Gasteiger partial charge in [-0.1, -0.05) is 12.1 Å². The van der Waals surface area contributed by atoms with Crippen molar-refractivity contribution in [2.45, 2.75) is 38.2 Å². The van der Waals surface area contributed by atoms with Crippen molar-refractivity contribution >= 4 is 0 Å². The maximum absolute atomic E-state index is 12.8. The van der Waals surface area contributed by atoms with E-state index in [4.69, 9.17) is 10.4 Å². The van der Waals surface area contributed by atoms with Gasteiger partial charge in [0.15, 0.2) is 0 Å². The van der Waals surface area contributed by atoms with Crippen molar-refractivity contribution < 1.29 is 14.6 Å². The Labute approximate surface area is 113 Å². The maximum atomic E-state index is 12.8. The summed E-state index contributed by atoms with van der Waals surface area (Å²) >= 11 is 0. The minimum Gasteiger partial charge on any atom is -0.396 e. The van der Waals surface area contributed by atoms with Crippen LogP contribution in [0.25, 0.3) is 0 Å². The standard InChI is InChI=1S/C15H20FNO2/c16-14-5-3-12(4-6-14)10-13(7-9-18)11-15(19)2-1-8-17/h3-6,13,15,18-19H,1-2,7,9-11H2/t13-,15-/m0/s1. The van der Waals surface area contributed by atoms with Crippen molar-refractivity contribution in [3.8, 4) is 6.07 Å². The third-order valence-corrected chi connectivity index (χ3v) is 3.17. The molecule has 1 rings (SSSR count). The molecule has 1 aromatic rings. The number of rotatable bonds is 8. The zero-order valence-corrected chi connectivity index (χ0v) is 10.9. The molecule has 0 radical (unpaired) electrons. The summed E-state index contributed by atoms with van der Waals surface area (Å²) in [5, 5.41) is 27.3. The van der Waals surface area contributed by atoms with Crippen LogP contribution in [0, 0.1) is 23.1 Å². The lowest BCUT2D eigenvalue weighted by Crippen LogP contribution is -2.16. The Morgan fingerprint density at radius 1 is 1.21 bits per heavy atom. The van der Waals surface area contributed by atoms with E-state index in [1.165, 1.54) is 12.1 Å². The van der Waals surface area contributed by atoms with Gasteiger partial charge in [-0.25, -0.2) is 4.39 Å². The third-order valence-electron chi connectivity index (χ3n) is 3.17. The molecule has 3 nitrogen and oxygen atoms in total. The summed E-state index contributed by atoms with van der Waals surface area (Å²) < 4.78 is 12.8. The van der Waals surface area contributed by atoms with Gasteiger partial charge in [0, 0.05) is 13.0 Å². The molecule has 4 heteroatoms. The van der Waals surface area contributed by atoms with Crippen LogP contribution in [0.15, 0.2) is 24.3 Å². The predicted molar refractivity (Wildman–Crippen MR) is 70.8 cm³/mol. The first-order valence-electron chi connectivity index (χ1n) is 6.56. The second kappa shape index (κ2) is 8.63. The summed E-state index contributed by atoms with van der Waals surface area (Å²) in [6, 6.07) is 8.28. The number of nitrogens with zero attached hydrogens (tertiary/aromatic N) is 1. The van der Waals surface area contributed by atoms with Gasteiger partial charge in [0.05, 0.1) is 12.2 Å². The van der Waals surface area contributed by atoms with E-state index in [1.54, 1.807) is 12.1 Å². The van der Waals surface area contributed by atoms with E-state index < -0.39 is 6.10 Å². The van der Waals surface area contributed by atoms with Gasteiger partial charge in [-0.15, -0.1) is 0 Å². The smallest absolute Gasteiger partial charge is 0.123 e. The zero-order chi connectivity index (χ0) is 14.1. The molecule has 0 amide bonds. The molecular formula is C15H20FNO2. The van der Waals surface area contributed by atoms with Crippen molar-refractivity contribution in [1.29, 1.82) is 5.26 Å². The molecular weight excluding hydrogens is 245 g/mol. The van der Waals surface area contributed by atoms with E-state index in [-0.39, 0.29) is 18.3 Å². The quantitative estimate of drug-likeness (QED) is 0.758. The van der Waals surface area contributed by atoms with Crippen LogP contribution in [-0.2, 0) is 6.42 Å². The van der Waals surface area contributed by atoms with Crippen molar-refractivity contribution in [3.63, 3.8) is 0 Å². The average Bonchev–Trinajstić information content (AvgIpc) is 2.39. The van der Waals surface area contributed by atoms with E-state index in [1.807, 2.05) is 6.07 Å². The van der Waals surface area contributed by atoms with Gasteiger partial charge in [0.2, 0.25) is 0 Å². The molecule has 0 aliphatic heterocycles. The zero-order valence-electron chi connectivity index (χ0n) is 10.9. The van der Waals surface area contributed by atoms with Crippen molar-refractivity contribution in [3.05, 3.63) is 35.6 Å². The van der Waals surface area contributed by atoms with Crippen LogP contribution in [-0.4, -0.2) is 22.9 Å². The molecule has 0 spiro atoms. The van der Waals surface area contributed by atoms with Crippen molar-refractivity contribution in [2.75, 3.05) is 6.61 Å². The first-order chi connectivity index (χ1) is 9.15. The molecule has 104 valence electrons. The van der Waals surface area contributed by atoms with Crippen LogP contribution < -0.4 is 0 Å². The summed E-state index contributed by atoms with van der Waals surface area (Å²) in [6.07, 6.45) is 2.13. The van der Waals surface area contributed by atoms with Crippen molar-refractivity contribution in [2.24, 2.45) is 5.92 Å². The lowest BCUT2D eigenvalue weighted by Gasteiger charge is -2.19. The molecule has 0 heterocycles. The molecule has 0 saturated heterocycles. The molecule has 0 saturated carbocycles. The molecule has 2 atom stereocenters. The van der Waals surface area contributed by atoms with Gasteiger partial charge in [-0.2, -0.15) is 5.26 Å². The molecule has 0 unspecified atom stereocenters. The number of hydrogen-bond acceptors (Lipinski definition) is 3. The van der Waals surface area contributed by atoms with Gasteiger partial charge in [-0.05, 0) is 49.3 Å². The highest BCUT2D eigenvalue weighted by Crippen LogP contribution is 2.19.